The molecule has 1 aromatic heterocycles. The fourth-order valence-electron chi connectivity index (χ4n) is 1.55. The number of nitrogens with one attached hydrogen (secondary N) is 1. The van der Waals surface area contributed by atoms with Crippen LogP contribution in [0.3, 0.4) is 0 Å². The van der Waals surface area contributed by atoms with E-state index in [1.807, 2.05) is 0 Å². The molecule has 1 amide bonds. The molecule has 0 unspecified atom stereocenters. The predicted molar refractivity (Wildman–Crippen MR) is 74.2 cm³/mol. The molecule has 2 rings (SSSR count). The summed E-state index contributed by atoms with van der Waals surface area (Å²) in [5.41, 5.74) is 3.07. The third-order valence-corrected chi connectivity index (χ3v) is 2.58. The molecule has 7 heteroatoms. The third kappa shape index (κ3) is 3.69. The van der Waals surface area contributed by atoms with Gasteiger partial charge in [0, 0.05) is 5.56 Å². The lowest BCUT2D eigenvalue weighted by molar-refractivity contribution is 0.0697. The van der Waals surface area contributed by atoms with Crippen molar-refractivity contribution in [3.8, 4) is 11.3 Å². The second-order valence-electron chi connectivity index (χ2n) is 3.95. The maximum atomic E-state index is 10.8. The Morgan fingerprint density at radius 3 is 2.57 bits per heavy atom. The first-order chi connectivity index (χ1) is 10.1. The van der Waals surface area contributed by atoms with Gasteiger partial charge in [0.2, 0.25) is 0 Å². The lowest BCUT2D eigenvalue weighted by Crippen LogP contribution is -2.16. The Balaban J connectivity index is 2.09. The second-order valence-corrected chi connectivity index (χ2v) is 3.95. The molecule has 108 valence electrons. The van der Waals surface area contributed by atoms with Gasteiger partial charge < -0.3 is 14.3 Å². The Morgan fingerprint density at radius 2 is 1.95 bits per heavy atom. The molecule has 0 spiro atoms. The quantitative estimate of drug-likeness (QED) is 0.664. The van der Waals surface area contributed by atoms with E-state index in [1.54, 1.807) is 24.3 Å². The van der Waals surface area contributed by atoms with Crippen LogP contribution in [0.1, 0.15) is 16.1 Å². The van der Waals surface area contributed by atoms with Gasteiger partial charge in [-0.2, -0.15) is 5.10 Å². The largest absolute Gasteiger partial charge is 0.478 e. The summed E-state index contributed by atoms with van der Waals surface area (Å²) < 4.78 is 9.85. The number of nitrogens with zero attached hydrogens (tertiary/aromatic N) is 1. The number of carboxylic acids is 1. The molecule has 1 aromatic carbocycles. The van der Waals surface area contributed by atoms with Gasteiger partial charge in [-0.3, -0.25) is 0 Å². The van der Waals surface area contributed by atoms with Crippen molar-refractivity contribution in [1.29, 1.82) is 0 Å². The van der Waals surface area contributed by atoms with Crippen LogP contribution in [0.15, 0.2) is 45.9 Å². The zero-order chi connectivity index (χ0) is 15.2. The molecule has 0 aliphatic carbocycles. The molecule has 7 nitrogen and oxygen atoms in total. The molecule has 2 aromatic rings. The Kier molecular flexibility index (Phi) is 4.35. The van der Waals surface area contributed by atoms with Crippen LogP contribution in [0.2, 0.25) is 0 Å². The van der Waals surface area contributed by atoms with Gasteiger partial charge in [-0.1, -0.05) is 12.1 Å². The first-order valence-corrected chi connectivity index (χ1v) is 5.91. The molecule has 0 saturated carbocycles. The van der Waals surface area contributed by atoms with Crippen molar-refractivity contribution in [2.45, 2.75) is 0 Å². The van der Waals surface area contributed by atoms with Crippen molar-refractivity contribution in [2.75, 3.05) is 7.11 Å². The Labute approximate surface area is 119 Å². The fourth-order valence-corrected chi connectivity index (χ4v) is 1.55. The zero-order valence-corrected chi connectivity index (χ0v) is 11.1. The molecule has 0 bridgehead atoms. The summed E-state index contributed by atoms with van der Waals surface area (Å²) in [6.45, 7) is 0. The van der Waals surface area contributed by atoms with Crippen molar-refractivity contribution in [1.82, 2.24) is 5.43 Å². The normalized spacial score (nSPS) is 10.5. The predicted octanol–water partition coefficient (Wildman–Crippen LogP) is 2.33. The average Bonchev–Trinajstić information content (AvgIpc) is 2.96. The number of benzene rings is 1. The standard InChI is InChI=1S/C14H12N2O5/c1-20-14(19)16-15-8-11-6-7-12(21-11)9-2-4-10(5-3-9)13(17)18/h2-8H,1H3,(H,16,19)(H,17,18). The number of furan rings is 1. The van der Waals surface area contributed by atoms with Crippen LogP contribution in [0.5, 0.6) is 0 Å². The van der Waals surface area contributed by atoms with Gasteiger partial charge in [-0.05, 0) is 24.3 Å². The minimum atomic E-state index is -0.984. The summed E-state index contributed by atoms with van der Waals surface area (Å²) in [4.78, 5) is 21.6. The number of aromatic carboxylic acids is 1. The number of amides is 1. The van der Waals surface area contributed by atoms with E-state index < -0.39 is 12.1 Å². The molecular formula is C14H12N2O5. The lowest BCUT2D eigenvalue weighted by atomic mass is 10.1. The summed E-state index contributed by atoms with van der Waals surface area (Å²) in [7, 11) is 1.23. The number of hydrogen-bond acceptors (Lipinski definition) is 5. The minimum absolute atomic E-state index is 0.203. The van der Waals surface area contributed by atoms with Gasteiger partial charge in [-0.25, -0.2) is 15.0 Å². The highest BCUT2D eigenvalue weighted by atomic mass is 16.5. The molecule has 0 saturated heterocycles. The van der Waals surface area contributed by atoms with Gasteiger partial charge in [0.15, 0.2) is 0 Å². The van der Waals surface area contributed by atoms with Crippen LogP contribution in [-0.2, 0) is 4.74 Å². The summed E-state index contributed by atoms with van der Waals surface area (Å²) in [6.07, 6.45) is 0.647. The lowest BCUT2D eigenvalue weighted by Gasteiger charge is -1.98. The molecule has 0 aliphatic rings. The number of carbonyl (C=O) groups is 2. The molecule has 0 aliphatic heterocycles. The molecule has 0 atom stereocenters. The van der Waals surface area contributed by atoms with Gasteiger partial charge in [0.25, 0.3) is 0 Å². The van der Waals surface area contributed by atoms with Gasteiger partial charge in [0.05, 0.1) is 18.9 Å². The third-order valence-electron chi connectivity index (χ3n) is 2.58. The first kappa shape index (κ1) is 14.3. The van der Waals surface area contributed by atoms with E-state index >= 15 is 0 Å². The topological polar surface area (TPSA) is 101 Å². The van der Waals surface area contributed by atoms with Crippen LogP contribution in [-0.4, -0.2) is 30.5 Å². The van der Waals surface area contributed by atoms with Crippen molar-refractivity contribution >= 4 is 18.3 Å². The van der Waals surface area contributed by atoms with Crippen LogP contribution in [0.4, 0.5) is 4.79 Å². The van der Waals surface area contributed by atoms with E-state index in [0.717, 1.165) is 5.56 Å². The zero-order valence-electron chi connectivity index (χ0n) is 11.1. The molecule has 2 N–H and O–H groups in total. The molecule has 0 fully saturated rings. The average molecular weight is 288 g/mol. The number of carboxylic acid groups (broad SMARTS) is 1. The summed E-state index contributed by atoms with van der Waals surface area (Å²) in [6, 6.07) is 9.67. The van der Waals surface area contributed by atoms with Crippen molar-refractivity contribution in [3.05, 3.63) is 47.7 Å². The monoisotopic (exact) mass is 288 g/mol. The molecular weight excluding hydrogens is 276 g/mol. The SMILES string of the molecule is COC(=O)NN=Cc1ccc(-c2ccc(C(=O)O)cc2)o1. The highest BCUT2D eigenvalue weighted by Gasteiger charge is 2.06. The van der Waals surface area contributed by atoms with E-state index in [1.165, 1.54) is 25.5 Å². The Hall–Kier alpha value is -3.09. The summed E-state index contributed by atoms with van der Waals surface area (Å²) in [5.74, 6) is 0.0119. The number of rotatable bonds is 4. The van der Waals surface area contributed by atoms with Crippen molar-refractivity contribution in [3.63, 3.8) is 0 Å². The highest BCUT2D eigenvalue weighted by Crippen LogP contribution is 2.22. The second kappa shape index (κ2) is 6.38. The van der Waals surface area contributed by atoms with Crippen LogP contribution >= 0.6 is 0 Å². The number of hydrazone groups is 1. The first-order valence-electron chi connectivity index (χ1n) is 5.91. The Bertz CT molecular complexity index is 673. The summed E-state index contributed by atoms with van der Waals surface area (Å²) in [5, 5.41) is 12.5. The van der Waals surface area contributed by atoms with E-state index in [2.05, 4.69) is 15.3 Å². The Morgan fingerprint density at radius 1 is 1.24 bits per heavy atom. The van der Waals surface area contributed by atoms with Crippen LogP contribution in [0, 0.1) is 0 Å². The van der Waals surface area contributed by atoms with Gasteiger partial charge >= 0.3 is 12.1 Å². The van der Waals surface area contributed by atoms with Crippen molar-refractivity contribution < 1.29 is 23.8 Å². The smallest absolute Gasteiger partial charge is 0.427 e. The number of carbonyl (C=O) groups excluding carboxylic acids is 1. The maximum Gasteiger partial charge on any atom is 0.427 e. The minimum Gasteiger partial charge on any atom is -0.478 e. The number of methoxy groups -OCH3 is 1. The van der Waals surface area contributed by atoms with Crippen LogP contribution < -0.4 is 5.43 Å². The number of ether oxygens (including phenoxy) is 1. The highest BCUT2D eigenvalue weighted by molar-refractivity contribution is 5.88. The van der Waals surface area contributed by atoms with Crippen molar-refractivity contribution in [2.24, 2.45) is 5.10 Å². The molecule has 0 radical (unpaired) electrons. The van der Waals surface area contributed by atoms with Crippen LogP contribution in [0.25, 0.3) is 11.3 Å². The maximum absolute atomic E-state index is 10.8. The fraction of sp³-hybridized carbons (Fsp3) is 0.0714. The van der Waals surface area contributed by atoms with E-state index in [0.29, 0.717) is 11.5 Å². The van der Waals surface area contributed by atoms with Gasteiger partial charge in [0.1, 0.15) is 11.5 Å². The molecule has 21 heavy (non-hydrogen) atoms. The van der Waals surface area contributed by atoms with E-state index in [9.17, 15) is 9.59 Å². The molecule has 1 heterocycles. The number of hydrogen-bond donors (Lipinski definition) is 2. The summed E-state index contributed by atoms with van der Waals surface area (Å²) >= 11 is 0. The van der Waals surface area contributed by atoms with E-state index in [-0.39, 0.29) is 5.56 Å². The van der Waals surface area contributed by atoms with Gasteiger partial charge in [-0.15, -0.1) is 0 Å². The van der Waals surface area contributed by atoms with E-state index in [4.69, 9.17) is 9.52 Å².